The van der Waals surface area contributed by atoms with Crippen LogP contribution >= 0.6 is 23.2 Å². The van der Waals surface area contributed by atoms with Crippen LogP contribution in [0.1, 0.15) is 58.4 Å². The van der Waals surface area contributed by atoms with Crippen molar-refractivity contribution in [3.8, 4) is 0 Å². The molecule has 0 amide bonds. The molecule has 1 fully saturated rings. The van der Waals surface area contributed by atoms with E-state index in [0.29, 0.717) is 5.41 Å². The van der Waals surface area contributed by atoms with Gasteiger partial charge in [-0.05, 0) is 61.1 Å². The Hall–Kier alpha value is -0.240. The summed E-state index contributed by atoms with van der Waals surface area (Å²) in [5, 5.41) is 1.48. The van der Waals surface area contributed by atoms with Crippen LogP contribution in [0.2, 0.25) is 10.0 Å². The molecule has 1 nitrogen and oxygen atoms in total. The lowest BCUT2D eigenvalue weighted by atomic mass is 9.65. The summed E-state index contributed by atoms with van der Waals surface area (Å²) in [5.41, 5.74) is 7.93. The van der Waals surface area contributed by atoms with Gasteiger partial charge >= 0.3 is 0 Å². The molecule has 0 bridgehead atoms. The minimum absolute atomic E-state index is 0.158. The van der Waals surface area contributed by atoms with Crippen LogP contribution in [0.3, 0.4) is 0 Å². The summed E-state index contributed by atoms with van der Waals surface area (Å²) in [6.45, 7) is 7.05. The lowest BCUT2D eigenvalue weighted by Crippen LogP contribution is -2.47. The number of rotatable bonds is 4. The smallest absolute Gasteiger partial charge is 0.0453 e. The first-order valence-electron chi connectivity index (χ1n) is 7.99. The highest BCUT2D eigenvalue weighted by molar-refractivity contribution is 6.36. The van der Waals surface area contributed by atoms with Crippen molar-refractivity contribution in [3.05, 3.63) is 33.8 Å². The Morgan fingerprint density at radius 3 is 2.19 bits per heavy atom. The average Bonchev–Trinajstić information content (AvgIpc) is 2.44. The second kappa shape index (κ2) is 6.48. The number of nitrogens with two attached hydrogens (primary N) is 1. The topological polar surface area (TPSA) is 26.0 Å². The Bertz CT molecular complexity index is 468. The summed E-state index contributed by atoms with van der Waals surface area (Å²) in [6.07, 6.45) is 6.54. The highest BCUT2D eigenvalue weighted by atomic mass is 35.5. The molecule has 3 heteroatoms. The Morgan fingerprint density at radius 1 is 1.19 bits per heavy atom. The normalized spacial score (nSPS) is 26.9. The van der Waals surface area contributed by atoms with Crippen LogP contribution in [0.4, 0.5) is 0 Å². The lowest BCUT2D eigenvalue weighted by Gasteiger charge is -2.43. The zero-order valence-electron chi connectivity index (χ0n) is 13.4. The van der Waals surface area contributed by atoms with E-state index < -0.39 is 0 Å². The molecular formula is C18H27Cl2N. The minimum Gasteiger partial charge on any atom is -0.325 e. The van der Waals surface area contributed by atoms with Crippen molar-refractivity contribution in [3.63, 3.8) is 0 Å². The van der Waals surface area contributed by atoms with E-state index in [-0.39, 0.29) is 5.54 Å². The molecule has 1 aliphatic carbocycles. The molecule has 118 valence electrons. The van der Waals surface area contributed by atoms with Crippen LogP contribution in [-0.2, 0) is 6.42 Å². The number of hydrogen-bond donors (Lipinski definition) is 1. The van der Waals surface area contributed by atoms with Gasteiger partial charge in [0.2, 0.25) is 0 Å². The van der Waals surface area contributed by atoms with Crippen molar-refractivity contribution < 1.29 is 0 Å². The van der Waals surface area contributed by atoms with Crippen molar-refractivity contribution in [1.82, 2.24) is 0 Å². The molecule has 1 aliphatic rings. The maximum absolute atomic E-state index is 6.66. The monoisotopic (exact) mass is 327 g/mol. The summed E-state index contributed by atoms with van der Waals surface area (Å²) in [6, 6.07) is 5.69. The van der Waals surface area contributed by atoms with Gasteiger partial charge in [0, 0.05) is 15.6 Å². The van der Waals surface area contributed by atoms with E-state index in [0.717, 1.165) is 40.8 Å². The Balaban J connectivity index is 2.06. The molecule has 21 heavy (non-hydrogen) atoms. The second-order valence-corrected chi connectivity index (χ2v) is 8.17. The van der Waals surface area contributed by atoms with E-state index in [9.17, 15) is 0 Å². The third kappa shape index (κ3) is 3.94. The van der Waals surface area contributed by atoms with Gasteiger partial charge in [-0.25, -0.2) is 0 Å². The van der Waals surface area contributed by atoms with Crippen molar-refractivity contribution >= 4 is 23.2 Å². The van der Waals surface area contributed by atoms with Crippen LogP contribution in [0, 0.1) is 11.3 Å². The van der Waals surface area contributed by atoms with Gasteiger partial charge in [0.25, 0.3) is 0 Å². The van der Waals surface area contributed by atoms with E-state index in [1.54, 1.807) is 0 Å². The predicted molar refractivity (Wildman–Crippen MR) is 93.1 cm³/mol. The Morgan fingerprint density at radius 2 is 1.71 bits per heavy atom. The third-order valence-corrected chi connectivity index (χ3v) is 6.30. The van der Waals surface area contributed by atoms with Gasteiger partial charge in [0.1, 0.15) is 0 Å². The molecule has 1 aromatic rings. The standard InChI is InChI=1S/C18H27Cl2N/c1-4-17(2,3)13-8-10-18(21,11-9-13)12-14-15(19)6-5-7-16(14)20/h5-7,13H,4,8-12,21H2,1-3H3. The van der Waals surface area contributed by atoms with E-state index >= 15 is 0 Å². The van der Waals surface area contributed by atoms with Crippen molar-refractivity contribution in [2.24, 2.45) is 17.1 Å². The van der Waals surface area contributed by atoms with Crippen LogP contribution in [-0.4, -0.2) is 5.54 Å². The fourth-order valence-electron chi connectivity index (χ4n) is 3.49. The van der Waals surface area contributed by atoms with Gasteiger partial charge < -0.3 is 5.73 Å². The van der Waals surface area contributed by atoms with Crippen LogP contribution in [0.25, 0.3) is 0 Å². The maximum Gasteiger partial charge on any atom is 0.0453 e. The lowest BCUT2D eigenvalue weighted by molar-refractivity contribution is 0.115. The molecule has 0 unspecified atom stereocenters. The molecule has 2 rings (SSSR count). The summed E-state index contributed by atoms with van der Waals surface area (Å²) in [4.78, 5) is 0. The summed E-state index contributed by atoms with van der Waals surface area (Å²) in [5.74, 6) is 0.779. The SMILES string of the molecule is CCC(C)(C)C1CCC(N)(Cc2c(Cl)cccc2Cl)CC1. The molecule has 1 aromatic carbocycles. The molecule has 0 aromatic heterocycles. The molecule has 0 heterocycles. The van der Waals surface area contributed by atoms with Crippen molar-refractivity contribution in [2.75, 3.05) is 0 Å². The van der Waals surface area contributed by atoms with Gasteiger partial charge in [-0.15, -0.1) is 0 Å². The highest BCUT2D eigenvalue weighted by Crippen LogP contribution is 2.44. The molecule has 0 aliphatic heterocycles. The molecule has 0 saturated heterocycles. The van der Waals surface area contributed by atoms with Gasteiger partial charge in [0.15, 0.2) is 0 Å². The summed E-state index contributed by atoms with van der Waals surface area (Å²) >= 11 is 12.6. The first-order valence-corrected chi connectivity index (χ1v) is 8.75. The van der Waals surface area contributed by atoms with Gasteiger partial charge in [-0.3, -0.25) is 0 Å². The molecule has 0 spiro atoms. The van der Waals surface area contributed by atoms with Crippen LogP contribution < -0.4 is 5.73 Å². The predicted octanol–water partition coefficient (Wildman–Crippen LogP) is 5.86. The van der Waals surface area contributed by atoms with E-state index in [2.05, 4.69) is 20.8 Å². The number of hydrogen-bond acceptors (Lipinski definition) is 1. The molecule has 2 N–H and O–H groups in total. The maximum atomic E-state index is 6.66. The molecule has 0 atom stereocenters. The van der Waals surface area contributed by atoms with E-state index in [1.165, 1.54) is 19.3 Å². The fraction of sp³-hybridized carbons (Fsp3) is 0.667. The summed E-state index contributed by atoms with van der Waals surface area (Å²) in [7, 11) is 0. The Kier molecular flexibility index (Phi) is 5.28. The van der Waals surface area contributed by atoms with Gasteiger partial charge in [0.05, 0.1) is 0 Å². The fourth-order valence-corrected chi connectivity index (χ4v) is 4.02. The molecule has 0 radical (unpaired) electrons. The largest absolute Gasteiger partial charge is 0.325 e. The Labute approximate surface area is 139 Å². The quantitative estimate of drug-likeness (QED) is 0.736. The zero-order chi connectivity index (χ0) is 15.7. The third-order valence-electron chi connectivity index (χ3n) is 5.59. The summed E-state index contributed by atoms with van der Waals surface area (Å²) < 4.78 is 0. The van der Waals surface area contributed by atoms with Crippen LogP contribution in [0.15, 0.2) is 18.2 Å². The first-order chi connectivity index (χ1) is 9.77. The highest BCUT2D eigenvalue weighted by Gasteiger charge is 2.37. The minimum atomic E-state index is -0.158. The molecule has 1 saturated carbocycles. The van der Waals surface area contributed by atoms with Gasteiger partial charge in [-0.2, -0.15) is 0 Å². The van der Waals surface area contributed by atoms with Gasteiger partial charge in [-0.1, -0.05) is 56.5 Å². The first kappa shape index (κ1) is 17.1. The molecular weight excluding hydrogens is 301 g/mol. The number of halogens is 2. The van der Waals surface area contributed by atoms with Crippen molar-refractivity contribution in [2.45, 2.75) is 64.8 Å². The van der Waals surface area contributed by atoms with E-state index in [4.69, 9.17) is 28.9 Å². The van der Waals surface area contributed by atoms with Crippen LogP contribution in [0.5, 0.6) is 0 Å². The van der Waals surface area contributed by atoms with Crippen molar-refractivity contribution in [1.29, 1.82) is 0 Å². The second-order valence-electron chi connectivity index (χ2n) is 7.36. The zero-order valence-corrected chi connectivity index (χ0v) is 14.9. The number of benzene rings is 1. The van der Waals surface area contributed by atoms with E-state index in [1.807, 2.05) is 18.2 Å². The average molecular weight is 328 g/mol.